The molecule has 1 saturated heterocycles. The molecule has 9 heteroatoms. The lowest BCUT2D eigenvalue weighted by molar-refractivity contribution is -0.384. The van der Waals surface area contributed by atoms with Crippen LogP contribution in [0.3, 0.4) is 0 Å². The number of halogens is 1. The van der Waals surface area contributed by atoms with Crippen molar-refractivity contribution in [3.63, 3.8) is 0 Å². The molecular weight excluding hydrogens is 398 g/mol. The molecule has 1 atom stereocenters. The molecule has 29 heavy (non-hydrogen) atoms. The molecule has 0 aromatic heterocycles. The topological polar surface area (TPSA) is 86.1 Å². The van der Waals surface area contributed by atoms with Crippen molar-refractivity contribution in [2.45, 2.75) is 6.04 Å². The highest BCUT2D eigenvalue weighted by Crippen LogP contribution is 2.33. The number of morpholine rings is 1. The number of hydrogen-bond donors (Lipinski definition) is 1. The third-order valence-electron chi connectivity index (χ3n) is 4.93. The lowest BCUT2D eigenvalue weighted by atomic mass is 10.0. The van der Waals surface area contributed by atoms with Crippen molar-refractivity contribution in [3.8, 4) is 11.5 Å². The normalized spacial score (nSPS) is 15.6. The number of methoxy groups -OCH3 is 2. The number of nitro benzene ring substituents is 1. The maximum Gasteiger partial charge on any atom is 0.271 e. The van der Waals surface area contributed by atoms with E-state index in [0.29, 0.717) is 42.0 Å². The van der Waals surface area contributed by atoms with Gasteiger partial charge in [-0.2, -0.15) is 0 Å². The summed E-state index contributed by atoms with van der Waals surface area (Å²) < 4.78 is 16.3. The number of rotatable bonds is 8. The van der Waals surface area contributed by atoms with Gasteiger partial charge in [0.05, 0.1) is 49.1 Å². The van der Waals surface area contributed by atoms with Crippen molar-refractivity contribution >= 4 is 23.0 Å². The largest absolute Gasteiger partial charge is 0.493 e. The van der Waals surface area contributed by atoms with Crippen molar-refractivity contribution in [2.24, 2.45) is 0 Å². The van der Waals surface area contributed by atoms with Crippen LogP contribution in [0.25, 0.3) is 0 Å². The Morgan fingerprint density at radius 2 is 1.90 bits per heavy atom. The number of nitrogens with one attached hydrogen (secondary N) is 1. The standard InChI is InChI=1S/C20H24ClN3O5/c1-27-19-6-3-14(11-20(19)28-2)18(23-7-9-29-10-8-23)13-22-17-5-4-15(24(25)26)12-16(17)21/h3-6,11-12,18,22H,7-10,13H2,1-2H3. The second-order valence-electron chi connectivity index (χ2n) is 6.58. The van der Waals surface area contributed by atoms with Gasteiger partial charge in [0, 0.05) is 31.8 Å². The first-order valence-corrected chi connectivity index (χ1v) is 9.62. The summed E-state index contributed by atoms with van der Waals surface area (Å²) in [5, 5.41) is 14.6. The maximum absolute atomic E-state index is 10.9. The highest BCUT2D eigenvalue weighted by Gasteiger charge is 2.24. The predicted molar refractivity (Wildman–Crippen MR) is 111 cm³/mol. The zero-order chi connectivity index (χ0) is 20.8. The second-order valence-corrected chi connectivity index (χ2v) is 6.99. The van der Waals surface area contributed by atoms with Crippen LogP contribution in [0.15, 0.2) is 36.4 Å². The Labute approximate surface area is 174 Å². The average molecular weight is 422 g/mol. The fraction of sp³-hybridized carbons (Fsp3) is 0.400. The summed E-state index contributed by atoms with van der Waals surface area (Å²) in [7, 11) is 3.22. The van der Waals surface area contributed by atoms with Crippen molar-refractivity contribution in [3.05, 3.63) is 57.1 Å². The Kier molecular flexibility index (Phi) is 7.13. The third-order valence-corrected chi connectivity index (χ3v) is 5.24. The molecule has 1 unspecified atom stereocenters. The van der Waals surface area contributed by atoms with Crippen LogP contribution in [0.5, 0.6) is 11.5 Å². The molecule has 1 N–H and O–H groups in total. The van der Waals surface area contributed by atoms with Crippen LogP contribution >= 0.6 is 11.6 Å². The number of ether oxygens (including phenoxy) is 3. The minimum Gasteiger partial charge on any atom is -0.493 e. The first-order valence-electron chi connectivity index (χ1n) is 9.25. The van der Waals surface area contributed by atoms with Crippen LogP contribution in [0, 0.1) is 10.1 Å². The Balaban J connectivity index is 1.84. The molecule has 2 aromatic carbocycles. The van der Waals surface area contributed by atoms with Gasteiger partial charge in [-0.05, 0) is 23.8 Å². The summed E-state index contributed by atoms with van der Waals surface area (Å²) in [6, 6.07) is 10.3. The van der Waals surface area contributed by atoms with Crippen molar-refractivity contribution < 1.29 is 19.1 Å². The number of anilines is 1. The van der Waals surface area contributed by atoms with Crippen molar-refractivity contribution in [2.75, 3.05) is 52.4 Å². The van der Waals surface area contributed by atoms with Gasteiger partial charge < -0.3 is 19.5 Å². The smallest absolute Gasteiger partial charge is 0.271 e. The van der Waals surface area contributed by atoms with E-state index in [4.69, 9.17) is 25.8 Å². The summed E-state index contributed by atoms with van der Waals surface area (Å²) in [6.45, 7) is 3.50. The molecule has 0 amide bonds. The summed E-state index contributed by atoms with van der Waals surface area (Å²) in [6.07, 6.45) is 0. The first-order chi connectivity index (χ1) is 14.0. The molecule has 1 aliphatic heterocycles. The van der Waals surface area contributed by atoms with Gasteiger partial charge in [0.25, 0.3) is 5.69 Å². The van der Waals surface area contributed by atoms with Gasteiger partial charge in [0.1, 0.15) is 0 Å². The Hall–Kier alpha value is -2.55. The lowest BCUT2D eigenvalue weighted by Crippen LogP contribution is -2.41. The fourth-order valence-electron chi connectivity index (χ4n) is 3.37. The van der Waals surface area contributed by atoms with Crippen molar-refractivity contribution in [1.29, 1.82) is 0 Å². The number of hydrogen-bond acceptors (Lipinski definition) is 7. The van der Waals surface area contributed by atoms with Crippen LogP contribution in [-0.4, -0.2) is 56.9 Å². The zero-order valence-electron chi connectivity index (χ0n) is 16.4. The molecule has 1 heterocycles. The second kappa shape index (κ2) is 9.78. The molecule has 0 aliphatic carbocycles. The van der Waals surface area contributed by atoms with Crippen LogP contribution in [0.4, 0.5) is 11.4 Å². The minimum atomic E-state index is -0.462. The highest BCUT2D eigenvalue weighted by molar-refractivity contribution is 6.33. The molecule has 3 rings (SSSR count). The van der Waals surface area contributed by atoms with Gasteiger partial charge in [0.2, 0.25) is 0 Å². The van der Waals surface area contributed by atoms with E-state index < -0.39 is 4.92 Å². The average Bonchev–Trinajstić information content (AvgIpc) is 2.75. The molecule has 1 fully saturated rings. The first kappa shape index (κ1) is 21.2. The van der Waals surface area contributed by atoms with Gasteiger partial charge in [-0.3, -0.25) is 15.0 Å². The van der Waals surface area contributed by atoms with E-state index in [2.05, 4.69) is 10.2 Å². The Morgan fingerprint density at radius 1 is 1.17 bits per heavy atom. The molecular formula is C20H24ClN3O5. The van der Waals surface area contributed by atoms with Crippen molar-refractivity contribution in [1.82, 2.24) is 4.90 Å². The maximum atomic E-state index is 10.9. The van der Waals surface area contributed by atoms with Crippen LogP contribution in [-0.2, 0) is 4.74 Å². The summed E-state index contributed by atoms with van der Waals surface area (Å²) in [5.74, 6) is 1.33. The van der Waals surface area contributed by atoms with Crippen LogP contribution < -0.4 is 14.8 Å². The molecule has 0 bridgehead atoms. The molecule has 8 nitrogen and oxygen atoms in total. The number of nitrogens with zero attached hydrogens (tertiary/aromatic N) is 2. The van der Waals surface area contributed by atoms with Gasteiger partial charge >= 0.3 is 0 Å². The van der Waals surface area contributed by atoms with Gasteiger partial charge in [-0.1, -0.05) is 17.7 Å². The fourth-order valence-corrected chi connectivity index (χ4v) is 3.62. The van der Waals surface area contributed by atoms with E-state index in [-0.39, 0.29) is 11.7 Å². The summed E-state index contributed by atoms with van der Waals surface area (Å²) in [4.78, 5) is 12.8. The van der Waals surface area contributed by atoms with Crippen LogP contribution in [0.2, 0.25) is 5.02 Å². The van der Waals surface area contributed by atoms with Gasteiger partial charge in [0.15, 0.2) is 11.5 Å². The summed E-state index contributed by atoms with van der Waals surface area (Å²) >= 11 is 6.24. The van der Waals surface area contributed by atoms with E-state index in [9.17, 15) is 10.1 Å². The van der Waals surface area contributed by atoms with Gasteiger partial charge in [-0.15, -0.1) is 0 Å². The molecule has 2 aromatic rings. The zero-order valence-corrected chi connectivity index (χ0v) is 17.1. The number of nitro groups is 1. The highest BCUT2D eigenvalue weighted by atomic mass is 35.5. The molecule has 156 valence electrons. The summed E-state index contributed by atoms with van der Waals surface area (Å²) in [5.41, 5.74) is 1.68. The predicted octanol–water partition coefficient (Wildman–Crippen LogP) is 3.75. The van der Waals surface area contributed by atoms with Crippen LogP contribution in [0.1, 0.15) is 11.6 Å². The van der Waals surface area contributed by atoms with E-state index in [1.807, 2.05) is 18.2 Å². The lowest BCUT2D eigenvalue weighted by Gasteiger charge is -2.35. The van der Waals surface area contributed by atoms with Gasteiger partial charge in [-0.25, -0.2) is 0 Å². The molecule has 0 spiro atoms. The SMILES string of the molecule is COc1ccc(C(CNc2ccc([N+](=O)[O-])cc2Cl)N2CCOCC2)cc1OC. The number of benzene rings is 2. The third kappa shape index (κ3) is 5.09. The quantitative estimate of drug-likeness (QED) is 0.513. The monoisotopic (exact) mass is 421 g/mol. The van der Waals surface area contributed by atoms with E-state index in [0.717, 1.165) is 18.7 Å². The Bertz CT molecular complexity index is 858. The Morgan fingerprint density at radius 3 is 2.52 bits per heavy atom. The van der Waals surface area contributed by atoms with E-state index in [1.54, 1.807) is 20.3 Å². The molecule has 1 aliphatic rings. The van der Waals surface area contributed by atoms with E-state index >= 15 is 0 Å². The minimum absolute atomic E-state index is 0.0324. The molecule has 0 saturated carbocycles. The number of non-ortho nitro benzene ring substituents is 1. The molecule has 0 radical (unpaired) electrons. The van der Waals surface area contributed by atoms with E-state index in [1.165, 1.54) is 12.1 Å².